The number of H-pyrrole nitrogens is 1. The highest BCUT2D eigenvalue weighted by atomic mass is 16.2. The van der Waals surface area contributed by atoms with Gasteiger partial charge in [0.1, 0.15) is 5.69 Å². The van der Waals surface area contributed by atoms with Crippen molar-refractivity contribution in [3.8, 4) is 0 Å². The lowest BCUT2D eigenvalue weighted by atomic mass is 9.54. The molecule has 1 aromatic carbocycles. The monoisotopic (exact) mass is 363 g/mol. The number of carbonyl (C=O) groups excluding carboxylic acids is 2. The van der Waals surface area contributed by atoms with Gasteiger partial charge in [0.2, 0.25) is 0 Å². The zero-order valence-electron chi connectivity index (χ0n) is 15.4. The molecule has 5 nitrogen and oxygen atoms in total. The average Bonchev–Trinajstić information content (AvgIpc) is 3.03. The van der Waals surface area contributed by atoms with Crippen LogP contribution in [-0.2, 0) is 6.42 Å². The van der Waals surface area contributed by atoms with Gasteiger partial charge in [0, 0.05) is 29.1 Å². The maximum atomic E-state index is 13.0. The SMILES string of the molecule is O=C(NC1C2CC3CC(C2)CC1C3)c1ccc2[nH]c3c(c2c1)CCNC3=O. The Morgan fingerprint density at radius 1 is 1.04 bits per heavy atom. The molecule has 7 rings (SSSR count). The minimum Gasteiger partial charge on any atom is -0.350 e. The predicted octanol–water partition coefficient (Wildman–Crippen LogP) is 3.01. The predicted molar refractivity (Wildman–Crippen MR) is 103 cm³/mol. The summed E-state index contributed by atoms with van der Waals surface area (Å²) in [6.45, 7) is 0.656. The third-order valence-corrected chi connectivity index (χ3v) is 7.58. The van der Waals surface area contributed by atoms with Crippen molar-refractivity contribution in [2.75, 3.05) is 6.54 Å². The number of nitrogens with one attached hydrogen (secondary N) is 3. The lowest BCUT2D eigenvalue weighted by molar-refractivity contribution is -0.0119. The Labute approximate surface area is 158 Å². The molecule has 5 aliphatic rings. The van der Waals surface area contributed by atoms with Crippen LogP contribution in [0.15, 0.2) is 18.2 Å². The van der Waals surface area contributed by atoms with Gasteiger partial charge in [-0.05, 0) is 86.0 Å². The fourth-order valence-electron chi connectivity index (χ4n) is 6.63. The maximum absolute atomic E-state index is 13.0. The van der Waals surface area contributed by atoms with Gasteiger partial charge in [-0.1, -0.05) is 0 Å². The van der Waals surface area contributed by atoms with Crippen molar-refractivity contribution in [2.45, 2.75) is 44.6 Å². The van der Waals surface area contributed by atoms with Gasteiger partial charge >= 0.3 is 0 Å². The first kappa shape index (κ1) is 15.7. The Morgan fingerprint density at radius 2 is 1.78 bits per heavy atom. The van der Waals surface area contributed by atoms with Crippen molar-refractivity contribution in [2.24, 2.45) is 23.7 Å². The van der Waals surface area contributed by atoms with Gasteiger partial charge < -0.3 is 15.6 Å². The van der Waals surface area contributed by atoms with E-state index >= 15 is 0 Å². The number of fused-ring (bicyclic) bond motifs is 3. The number of carbonyl (C=O) groups is 2. The van der Waals surface area contributed by atoms with E-state index in [1.807, 2.05) is 18.2 Å². The number of aromatic nitrogens is 1. The van der Waals surface area contributed by atoms with Gasteiger partial charge in [0.05, 0.1) is 0 Å². The van der Waals surface area contributed by atoms with E-state index < -0.39 is 0 Å². The van der Waals surface area contributed by atoms with Gasteiger partial charge in [-0.2, -0.15) is 0 Å². The first-order chi connectivity index (χ1) is 13.2. The number of hydrogen-bond acceptors (Lipinski definition) is 2. The highest BCUT2D eigenvalue weighted by Gasteiger charge is 2.48. The number of rotatable bonds is 2. The van der Waals surface area contributed by atoms with Crippen molar-refractivity contribution >= 4 is 22.7 Å². The summed E-state index contributed by atoms with van der Waals surface area (Å²) in [5.74, 6) is 3.18. The molecule has 0 atom stereocenters. The van der Waals surface area contributed by atoms with Gasteiger partial charge in [-0.3, -0.25) is 9.59 Å². The van der Waals surface area contributed by atoms with Crippen molar-refractivity contribution in [1.82, 2.24) is 15.6 Å². The van der Waals surface area contributed by atoms with Gasteiger partial charge in [0.25, 0.3) is 11.8 Å². The summed E-state index contributed by atoms with van der Waals surface area (Å²) >= 11 is 0. The summed E-state index contributed by atoms with van der Waals surface area (Å²) < 4.78 is 0. The summed E-state index contributed by atoms with van der Waals surface area (Å²) in [4.78, 5) is 28.3. The first-order valence-electron chi connectivity index (χ1n) is 10.4. The molecule has 4 fully saturated rings. The molecule has 0 unspecified atom stereocenters. The third kappa shape index (κ3) is 2.36. The van der Waals surface area contributed by atoms with E-state index in [0.29, 0.717) is 35.7 Å². The lowest BCUT2D eigenvalue weighted by Gasteiger charge is -2.54. The molecule has 2 aromatic rings. The minimum atomic E-state index is -0.0490. The molecule has 4 saturated carbocycles. The van der Waals surface area contributed by atoms with Crippen molar-refractivity contribution in [1.29, 1.82) is 0 Å². The quantitative estimate of drug-likeness (QED) is 0.767. The fourth-order valence-corrected chi connectivity index (χ4v) is 6.63. The zero-order valence-corrected chi connectivity index (χ0v) is 15.4. The van der Waals surface area contributed by atoms with Crippen molar-refractivity contribution < 1.29 is 9.59 Å². The van der Waals surface area contributed by atoms with E-state index in [9.17, 15) is 9.59 Å². The molecule has 5 heteroatoms. The summed E-state index contributed by atoms with van der Waals surface area (Å²) in [5, 5.41) is 7.28. The molecule has 27 heavy (non-hydrogen) atoms. The van der Waals surface area contributed by atoms with Crippen molar-refractivity contribution in [3.63, 3.8) is 0 Å². The fraction of sp³-hybridized carbons (Fsp3) is 0.545. The van der Waals surface area contributed by atoms with Crippen LogP contribution in [0.25, 0.3) is 10.9 Å². The molecular formula is C22H25N3O2. The van der Waals surface area contributed by atoms with E-state index in [0.717, 1.165) is 34.7 Å². The number of hydrogen-bond donors (Lipinski definition) is 3. The molecule has 1 aromatic heterocycles. The second-order valence-corrected chi connectivity index (χ2v) is 9.17. The van der Waals surface area contributed by atoms with E-state index in [1.54, 1.807) is 0 Å². The summed E-state index contributed by atoms with van der Waals surface area (Å²) in [7, 11) is 0. The Morgan fingerprint density at radius 3 is 2.52 bits per heavy atom. The highest BCUT2D eigenvalue weighted by molar-refractivity contribution is 6.04. The number of aromatic amines is 1. The molecular weight excluding hydrogens is 338 g/mol. The van der Waals surface area contributed by atoms with E-state index in [1.165, 1.54) is 32.1 Å². The van der Waals surface area contributed by atoms with Crippen LogP contribution in [0, 0.1) is 23.7 Å². The van der Waals surface area contributed by atoms with Crippen LogP contribution in [0.4, 0.5) is 0 Å². The third-order valence-electron chi connectivity index (χ3n) is 7.58. The molecule has 4 bridgehead atoms. The van der Waals surface area contributed by atoms with Crippen LogP contribution in [0.2, 0.25) is 0 Å². The number of amides is 2. The molecule has 0 radical (unpaired) electrons. The molecule has 0 spiro atoms. The molecule has 1 aliphatic heterocycles. The smallest absolute Gasteiger partial charge is 0.268 e. The number of benzene rings is 1. The van der Waals surface area contributed by atoms with E-state index in [-0.39, 0.29) is 11.8 Å². The topological polar surface area (TPSA) is 74.0 Å². The first-order valence-corrected chi connectivity index (χ1v) is 10.4. The van der Waals surface area contributed by atoms with Gasteiger partial charge in [-0.15, -0.1) is 0 Å². The Balaban J connectivity index is 1.29. The average molecular weight is 363 g/mol. The van der Waals surface area contributed by atoms with E-state index in [2.05, 4.69) is 15.6 Å². The van der Waals surface area contributed by atoms with Crippen LogP contribution < -0.4 is 10.6 Å². The largest absolute Gasteiger partial charge is 0.350 e. The minimum absolute atomic E-state index is 0.0459. The Kier molecular flexibility index (Phi) is 3.26. The molecule has 140 valence electrons. The van der Waals surface area contributed by atoms with Crippen LogP contribution >= 0.6 is 0 Å². The van der Waals surface area contributed by atoms with Crippen LogP contribution in [0.3, 0.4) is 0 Å². The zero-order chi connectivity index (χ0) is 18.1. The molecule has 4 aliphatic carbocycles. The maximum Gasteiger partial charge on any atom is 0.268 e. The molecule has 3 N–H and O–H groups in total. The molecule has 2 heterocycles. The summed E-state index contributed by atoms with van der Waals surface area (Å²) in [6.07, 6.45) is 7.45. The second-order valence-electron chi connectivity index (χ2n) is 9.17. The second kappa shape index (κ2) is 5.60. The van der Waals surface area contributed by atoms with Crippen LogP contribution in [-0.4, -0.2) is 29.4 Å². The van der Waals surface area contributed by atoms with Gasteiger partial charge in [-0.25, -0.2) is 0 Å². The standard InChI is InChI=1S/C22H25N3O2/c26-21(25-19-14-6-11-5-12(8-14)9-15(19)7-11)13-1-2-18-17(10-13)16-3-4-23-22(27)20(16)24-18/h1-2,10-12,14-15,19,24H,3-9H2,(H,23,27)(H,25,26). The van der Waals surface area contributed by atoms with Crippen LogP contribution in [0.1, 0.15) is 58.5 Å². The summed E-state index contributed by atoms with van der Waals surface area (Å²) in [5.41, 5.74) is 3.33. The highest BCUT2D eigenvalue weighted by Crippen LogP contribution is 2.53. The van der Waals surface area contributed by atoms with Crippen LogP contribution in [0.5, 0.6) is 0 Å². The lowest BCUT2D eigenvalue weighted by Crippen LogP contribution is -2.55. The Bertz CT molecular complexity index is 932. The summed E-state index contributed by atoms with van der Waals surface area (Å²) in [6, 6.07) is 6.14. The van der Waals surface area contributed by atoms with Crippen molar-refractivity contribution in [3.05, 3.63) is 35.0 Å². The van der Waals surface area contributed by atoms with Gasteiger partial charge in [0.15, 0.2) is 0 Å². The normalized spacial score (nSPS) is 33.8. The van der Waals surface area contributed by atoms with E-state index in [4.69, 9.17) is 0 Å². The molecule has 2 amide bonds. The Hall–Kier alpha value is -2.30. The molecule has 0 saturated heterocycles.